The van der Waals surface area contributed by atoms with E-state index >= 15 is 0 Å². The smallest absolute Gasteiger partial charge is 0.317 e. The van der Waals surface area contributed by atoms with Crippen molar-refractivity contribution in [3.05, 3.63) is 28.8 Å². The zero-order chi connectivity index (χ0) is 15.7. The van der Waals surface area contributed by atoms with Crippen molar-refractivity contribution in [1.82, 2.24) is 5.32 Å². The molecule has 118 valence electrons. The molecule has 0 atom stereocenters. The summed E-state index contributed by atoms with van der Waals surface area (Å²) in [6.45, 7) is 1.05. The highest BCUT2D eigenvalue weighted by atomic mass is 35.5. The zero-order valence-electron chi connectivity index (χ0n) is 10.9. The Labute approximate surface area is 125 Å². The van der Waals surface area contributed by atoms with Gasteiger partial charge in [0.25, 0.3) is 0 Å². The van der Waals surface area contributed by atoms with Gasteiger partial charge < -0.3 is 5.32 Å². The first kappa shape index (κ1) is 16.4. The van der Waals surface area contributed by atoms with Gasteiger partial charge >= 0.3 is 6.18 Å². The second-order valence-electron chi connectivity index (χ2n) is 4.78. The van der Waals surface area contributed by atoms with E-state index in [-0.39, 0.29) is 5.02 Å². The van der Waals surface area contributed by atoms with Crippen LogP contribution in [0, 0.1) is 0 Å². The van der Waals surface area contributed by atoms with E-state index in [1.807, 2.05) is 0 Å². The molecular formula is C12H14ClF3N2O2S. The maximum absolute atomic E-state index is 12.9. The summed E-state index contributed by atoms with van der Waals surface area (Å²) in [6, 6.07) is 2.96. The second kappa shape index (κ2) is 6.02. The summed E-state index contributed by atoms with van der Waals surface area (Å²) in [6.07, 6.45) is -3.95. The Morgan fingerprint density at radius 2 is 1.86 bits per heavy atom. The first-order chi connectivity index (χ1) is 9.70. The molecule has 9 heteroatoms. The molecule has 21 heavy (non-hydrogen) atoms. The van der Waals surface area contributed by atoms with E-state index in [4.69, 9.17) is 11.6 Å². The standard InChI is InChI=1S/C12H14ClF3N2O2S/c13-8-1-2-11(10(7-8)12(14,15)16)18-21(19,20)9-3-5-17-6-4-9/h1-2,7,9,17-18H,3-6H2. The molecule has 1 fully saturated rings. The Hall–Kier alpha value is -0.990. The molecule has 0 aliphatic carbocycles. The van der Waals surface area contributed by atoms with Crippen LogP contribution in [0.1, 0.15) is 18.4 Å². The van der Waals surface area contributed by atoms with Crippen LogP contribution >= 0.6 is 11.6 Å². The first-order valence-corrected chi connectivity index (χ1v) is 8.22. The van der Waals surface area contributed by atoms with Gasteiger partial charge in [-0.05, 0) is 44.1 Å². The third kappa shape index (κ3) is 4.02. The Balaban J connectivity index is 2.30. The van der Waals surface area contributed by atoms with Crippen LogP contribution in [-0.2, 0) is 16.2 Å². The predicted molar refractivity (Wildman–Crippen MR) is 74.9 cm³/mol. The molecular weight excluding hydrogens is 329 g/mol. The van der Waals surface area contributed by atoms with E-state index in [9.17, 15) is 21.6 Å². The fourth-order valence-corrected chi connectivity index (χ4v) is 3.86. The number of benzene rings is 1. The van der Waals surface area contributed by atoms with Crippen LogP contribution in [0.5, 0.6) is 0 Å². The van der Waals surface area contributed by atoms with E-state index in [1.54, 1.807) is 0 Å². The van der Waals surface area contributed by atoms with Crippen molar-refractivity contribution in [3.63, 3.8) is 0 Å². The van der Waals surface area contributed by atoms with Crippen LogP contribution in [0.3, 0.4) is 0 Å². The molecule has 0 amide bonds. The molecule has 1 aliphatic rings. The lowest BCUT2D eigenvalue weighted by Gasteiger charge is -2.24. The van der Waals surface area contributed by atoms with Gasteiger partial charge in [-0.15, -0.1) is 0 Å². The van der Waals surface area contributed by atoms with Crippen LogP contribution in [0.2, 0.25) is 5.02 Å². The highest BCUT2D eigenvalue weighted by Gasteiger charge is 2.36. The molecule has 0 aromatic heterocycles. The number of sulfonamides is 1. The van der Waals surface area contributed by atoms with Gasteiger partial charge in [-0.3, -0.25) is 4.72 Å². The van der Waals surface area contributed by atoms with Gasteiger partial charge in [0, 0.05) is 5.02 Å². The minimum atomic E-state index is -4.68. The van der Waals surface area contributed by atoms with Crippen molar-refractivity contribution in [1.29, 1.82) is 0 Å². The molecule has 0 saturated carbocycles. The molecule has 1 aliphatic heterocycles. The monoisotopic (exact) mass is 342 g/mol. The van der Waals surface area contributed by atoms with Crippen molar-refractivity contribution in [3.8, 4) is 0 Å². The molecule has 1 saturated heterocycles. The number of halogens is 4. The molecule has 2 rings (SSSR count). The number of rotatable bonds is 3. The minimum absolute atomic E-state index is 0.105. The molecule has 4 nitrogen and oxygen atoms in total. The van der Waals surface area contributed by atoms with Gasteiger partial charge in [-0.2, -0.15) is 13.2 Å². The SMILES string of the molecule is O=S(=O)(Nc1ccc(Cl)cc1C(F)(F)F)C1CCNCC1. The quantitative estimate of drug-likeness (QED) is 0.888. The molecule has 2 N–H and O–H groups in total. The van der Waals surface area contributed by atoms with Gasteiger partial charge in [-0.1, -0.05) is 11.6 Å². The second-order valence-corrected chi connectivity index (χ2v) is 7.18. The molecule has 1 aromatic rings. The fourth-order valence-electron chi connectivity index (χ4n) is 2.18. The van der Waals surface area contributed by atoms with Crippen molar-refractivity contribution in [2.75, 3.05) is 17.8 Å². The van der Waals surface area contributed by atoms with E-state index in [0.29, 0.717) is 32.0 Å². The maximum Gasteiger partial charge on any atom is 0.418 e. The number of piperidine rings is 1. The number of nitrogens with one attached hydrogen (secondary N) is 2. The average molecular weight is 343 g/mol. The van der Waals surface area contributed by atoms with E-state index in [2.05, 4.69) is 10.0 Å². The van der Waals surface area contributed by atoms with Crippen molar-refractivity contribution in [2.24, 2.45) is 0 Å². The molecule has 0 unspecified atom stereocenters. The van der Waals surface area contributed by atoms with E-state index < -0.39 is 32.7 Å². The Bertz CT molecular complexity index is 613. The van der Waals surface area contributed by atoms with E-state index in [1.165, 1.54) is 6.07 Å². The lowest BCUT2D eigenvalue weighted by molar-refractivity contribution is -0.136. The van der Waals surface area contributed by atoms with Crippen LogP contribution in [0.4, 0.5) is 18.9 Å². The van der Waals surface area contributed by atoms with Crippen LogP contribution in [0.15, 0.2) is 18.2 Å². The summed E-state index contributed by atoms with van der Waals surface area (Å²) in [5.41, 5.74) is -1.59. The lowest BCUT2D eigenvalue weighted by atomic mass is 10.2. The lowest BCUT2D eigenvalue weighted by Crippen LogP contribution is -2.38. The van der Waals surface area contributed by atoms with Gasteiger partial charge in [0.1, 0.15) is 0 Å². The topological polar surface area (TPSA) is 58.2 Å². The molecule has 0 bridgehead atoms. The van der Waals surface area contributed by atoms with Crippen molar-refractivity contribution in [2.45, 2.75) is 24.3 Å². The predicted octanol–water partition coefficient (Wildman–Crippen LogP) is 2.85. The highest BCUT2D eigenvalue weighted by Crippen LogP contribution is 2.37. The maximum atomic E-state index is 12.9. The van der Waals surface area contributed by atoms with Crippen LogP contribution < -0.4 is 10.0 Å². The Morgan fingerprint density at radius 1 is 1.24 bits per heavy atom. The molecule has 0 spiro atoms. The number of hydrogen-bond donors (Lipinski definition) is 2. The number of hydrogen-bond acceptors (Lipinski definition) is 3. The minimum Gasteiger partial charge on any atom is -0.317 e. The summed E-state index contributed by atoms with van der Waals surface area (Å²) in [5.74, 6) is 0. The summed E-state index contributed by atoms with van der Waals surface area (Å²) in [4.78, 5) is 0. The number of anilines is 1. The van der Waals surface area contributed by atoms with Crippen molar-refractivity contribution < 1.29 is 21.6 Å². The largest absolute Gasteiger partial charge is 0.418 e. The van der Waals surface area contributed by atoms with Gasteiger partial charge in [0.2, 0.25) is 10.0 Å². The number of alkyl halides is 3. The Kier molecular flexibility index (Phi) is 4.69. The zero-order valence-corrected chi connectivity index (χ0v) is 12.4. The summed E-state index contributed by atoms with van der Waals surface area (Å²) < 4.78 is 65.2. The van der Waals surface area contributed by atoms with Gasteiger partial charge in [-0.25, -0.2) is 8.42 Å². The molecule has 0 radical (unpaired) electrons. The first-order valence-electron chi connectivity index (χ1n) is 6.29. The summed E-state index contributed by atoms with van der Waals surface area (Å²) >= 11 is 5.56. The van der Waals surface area contributed by atoms with Crippen molar-refractivity contribution >= 4 is 27.3 Å². The van der Waals surface area contributed by atoms with Gasteiger partial charge in [0.05, 0.1) is 16.5 Å². The third-order valence-electron chi connectivity index (χ3n) is 3.26. The fraction of sp³-hybridized carbons (Fsp3) is 0.500. The van der Waals surface area contributed by atoms with Gasteiger partial charge in [0.15, 0.2) is 0 Å². The summed E-state index contributed by atoms with van der Waals surface area (Å²) in [5, 5.41) is 2.20. The average Bonchev–Trinajstić information content (AvgIpc) is 2.40. The van der Waals surface area contributed by atoms with Crippen LogP contribution in [0.25, 0.3) is 0 Å². The molecule has 1 heterocycles. The third-order valence-corrected chi connectivity index (χ3v) is 5.35. The molecule has 1 aromatic carbocycles. The summed E-state index contributed by atoms with van der Waals surface area (Å²) in [7, 11) is -3.87. The van der Waals surface area contributed by atoms with Crippen LogP contribution in [-0.4, -0.2) is 26.8 Å². The normalized spacial score (nSPS) is 17.7. The Morgan fingerprint density at radius 3 is 2.43 bits per heavy atom. The highest BCUT2D eigenvalue weighted by molar-refractivity contribution is 7.93. The van der Waals surface area contributed by atoms with E-state index in [0.717, 1.165) is 6.07 Å².